The van der Waals surface area contributed by atoms with E-state index in [-0.39, 0.29) is 16.1 Å². The predicted molar refractivity (Wildman–Crippen MR) is 63.2 cm³/mol. The van der Waals surface area contributed by atoms with E-state index in [1.54, 1.807) is 6.07 Å². The minimum atomic E-state index is -4.25. The van der Waals surface area contributed by atoms with Crippen LogP contribution < -0.4 is 5.32 Å². The van der Waals surface area contributed by atoms with Crippen molar-refractivity contribution >= 4 is 33.4 Å². The lowest BCUT2D eigenvalue weighted by Gasteiger charge is -2.05. The number of nitrogens with zero attached hydrogens (tertiary/aromatic N) is 3. The van der Waals surface area contributed by atoms with Gasteiger partial charge in [0.2, 0.25) is 17.6 Å². The fourth-order valence-corrected chi connectivity index (χ4v) is 1.81. The Labute approximate surface area is 108 Å². The third-order valence-electron chi connectivity index (χ3n) is 1.88. The summed E-state index contributed by atoms with van der Waals surface area (Å²) in [5, 5.41) is 2.66. The first-order valence-electron chi connectivity index (χ1n) is 4.57. The van der Waals surface area contributed by atoms with Crippen molar-refractivity contribution in [1.82, 2.24) is 15.0 Å². The number of benzene rings is 1. The third kappa shape index (κ3) is 3.13. The van der Waals surface area contributed by atoms with Gasteiger partial charge in [-0.15, -0.1) is 0 Å². The molecule has 0 saturated heterocycles. The lowest BCUT2D eigenvalue weighted by atomic mass is 10.3. The van der Waals surface area contributed by atoms with Crippen LogP contribution >= 0.6 is 11.6 Å². The van der Waals surface area contributed by atoms with E-state index in [1.165, 1.54) is 18.2 Å². The molecule has 0 saturated carbocycles. The summed E-state index contributed by atoms with van der Waals surface area (Å²) >= 11 is 5.55. The molecule has 0 bridgehead atoms. The first-order valence-corrected chi connectivity index (χ1v) is 6.39. The molecule has 0 fully saturated rings. The Balaban J connectivity index is 2.30. The molecule has 2 N–H and O–H groups in total. The maximum absolute atomic E-state index is 11.0. The molecule has 1 aromatic heterocycles. The van der Waals surface area contributed by atoms with Crippen LogP contribution in [0.1, 0.15) is 0 Å². The molecule has 7 nitrogen and oxygen atoms in total. The highest BCUT2D eigenvalue weighted by atomic mass is 35.5. The Morgan fingerprint density at radius 3 is 2.78 bits per heavy atom. The molecule has 2 aromatic rings. The molecule has 0 unspecified atom stereocenters. The molecule has 0 spiro atoms. The van der Waals surface area contributed by atoms with E-state index in [4.69, 9.17) is 16.2 Å². The summed E-state index contributed by atoms with van der Waals surface area (Å²) in [6.07, 6.45) is 2.27. The predicted octanol–water partition coefficient (Wildman–Crippen LogP) is 1.32. The van der Waals surface area contributed by atoms with Crippen molar-refractivity contribution in [3.05, 3.63) is 35.9 Å². The van der Waals surface area contributed by atoms with Gasteiger partial charge in [0, 0.05) is 5.69 Å². The number of aromatic nitrogens is 3. The van der Waals surface area contributed by atoms with Gasteiger partial charge in [0.25, 0.3) is 10.1 Å². The van der Waals surface area contributed by atoms with Crippen LogP contribution in [0.2, 0.25) is 5.28 Å². The maximum Gasteiger partial charge on any atom is 0.294 e. The summed E-state index contributed by atoms with van der Waals surface area (Å²) in [5.74, 6) is 0.113. The molecule has 0 atom stereocenters. The van der Waals surface area contributed by atoms with Crippen LogP contribution in [0, 0.1) is 6.33 Å². The van der Waals surface area contributed by atoms with E-state index in [9.17, 15) is 8.42 Å². The normalized spacial score (nSPS) is 11.2. The average molecular weight is 286 g/mol. The van der Waals surface area contributed by atoms with Crippen LogP contribution in [0.4, 0.5) is 11.6 Å². The Hall–Kier alpha value is -1.77. The van der Waals surface area contributed by atoms with Crippen molar-refractivity contribution in [3.63, 3.8) is 0 Å². The van der Waals surface area contributed by atoms with E-state index < -0.39 is 10.1 Å². The smallest absolute Gasteiger partial charge is 0.294 e. The number of hydrogen-bond donors (Lipinski definition) is 2. The molecule has 0 aliphatic rings. The Kier molecular flexibility index (Phi) is 3.41. The molecule has 2 rings (SSSR count). The van der Waals surface area contributed by atoms with Gasteiger partial charge in [-0.25, -0.2) is 0 Å². The van der Waals surface area contributed by atoms with Crippen molar-refractivity contribution in [1.29, 1.82) is 0 Å². The first-order chi connectivity index (χ1) is 8.45. The minimum absolute atomic E-state index is 0.0431. The molecular formula is C9H6ClN4O3S. The van der Waals surface area contributed by atoms with Crippen molar-refractivity contribution in [3.8, 4) is 0 Å². The zero-order valence-corrected chi connectivity index (χ0v) is 10.3. The molecule has 9 heteroatoms. The lowest BCUT2D eigenvalue weighted by molar-refractivity contribution is 0.483. The van der Waals surface area contributed by atoms with Gasteiger partial charge in [-0.2, -0.15) is 23.4 Å². The number of anilines is 2. The molecule has 1 radical (unpaired) electrons. The van der Waals surface area contributed by atoms with Gasteiger partial charge in [0.15, 0.2) is 0 Å². The highest BCUT2D eigenvalue weighted by Gasteiger charge is 2.10. The summed E-state index contributed by atoms with van der Waals surface area (Å²) in [6.45, 7) is 0. The SMILES string of the molecule is O=S(=O)(O)c1cccc(Nc2n[c]nc(Cl)n2)c1. The van der Waals surface area contributed by atoms with Crippen molar-refractivity contribution in [2.75, 3.05) is 5.32 Å². The highest BCUT2D eigenvalue weighted by Crippen LogP contribution is 2.17. The largest absolute Gasteiger partial charge is 0.324 e. The second kappa shape index (κ2) is 4.84. The van der Waals surface area contributed by atoms with Crippen LogP contribution in [-0.4, -0.2) is 27.9 Å². The summed E-state index contributed by atoms with van der Waals surface area (Å²) in [4.78, 5) is 10.7. The topological polar surface area (TPSA) is 105 Å². The van der Waals surface area contributed by atoms with E-state index in [1.807, 2.05) is 0 Å². The fraction of sp³-hybridized carbons (Fsp3) is 0. The zero-order valence-electron chi connectivity index (χ0n) is 8.70. The second-order valence-electron chi connectivity index (χ2n) is 3.16. The van der Waals surface area contributed by atoms with Gasteiger partial charge in [-0.05, 0) is 29.8 Å². The fourth-order valence-electron chi connectivity index (χ4n) is 1.17. The quantitative estimate of drug-likeness (QED) is 0.819. The van der Waals surface area contributed by atoms with Gasteiger partial charge in [-0.1, -0.05) is 6.07 Å². The standard InChI is InChI=1S/C9H6ClN4O3S/c10-8-11-5-12-9(14-8)13-6-2-1-3-7(4-6)18(15,16)17/h1-4H,(H,15,16,17)(H,11,12,13,14). The van der Waals surface area contributed by atoms with Crippen LogP contribution in [0.25, 0.3) is 0 Å². The highest BCUT2D eigenvalue weighted by molar-refractivity contribution is 7.85. The van der Waals surface area contributed by atoms with Gasteiger partial charge in [0.05, 0.1) is 4.90 Å². The molecule has 0 amide bonds. The Morgan fingerprint density at radius 1 is 1.33 bits per heavy atom. The molecule has 18 heavy (non-hydrogen) atoms. The maximum atomic E-state index is 11.0. The molecule has 0 aliphatic carbocycles. The summed E-state index contributed by atoms with van der Waals surface area (Å²) in [6, 6.07) is 5.52. The monoisotopic (exact) mass is 285 g/mol. The summed E-state index contributed by atoms with van der Waals surface area (Å²) < 4.78 is 30.8. The number of hydrogen-bond acceptors (Lipinski definition) is 6. The average Bonchev–Trinajstić information content (AvgIpc) is 2.28. The van der Waals surface area contributed by atoms with Gasteiger partial charge >= 0.3 is 0 Å². The first kappa shape index (κ1) is 12.7. The number of nitrogens with one attached hydrogen (secondary N) is 1. The van der Waals surface area contributed by atoms with E-state index in [2.05, 4.69) is 26.6 Å². The molecular weight excluding hydrogens is 280 g/mol. The minimum Gasteiger partial charge on any atom is -0.324 e. The van der Waals surface area contributed by atoms with Crippen LogP contribution in [0.15, 0.2) is 29.2 Å². The van der Waals surface area contributed by atoms with E-state index in [0.717, 1.165) is 0 Å². The Morgan fingerprint density at radius 2 is 2.11 bits per heavy atom. The summed E-state index contributed by atoms with van der Waals surface area (Å²) in [5.41, 5.74) is 0.376. The summed E-state index contributed by atoms with van der Waals surface area (Å²) in [7, 11) is -4.25. The van der Waals surface area contributed by atoms with Gasteiger partial charge < -0.3 is 5.32 Å². The second-order valence-corrected chi connectivity index (χ2v) is 4.92. The number of halogens is 1. The van der Waals surface area contributed by atoms with Crippen LogP contribution in [-0.2, 0) is 10.1 Å². The van der Waals surface area contributed by atoms with Gasteiger partial charge in [0.1, 0.15) is 0 Å². The Bertz CT molecular complexity index is 677. The van der Waals surface area contributed by atoms with Crippen molar-refractivity contribution in [2.24, 2.45) is 0 Å². The van der Waals surface area contributed by atoms with E-state index in [0.29, 0.717) is 5.69 Å². The third-order valence-corrected chi connectivity index (χ3v) is 2.90. The zero-order chi connectivity index (χ0) is 13.2. The van der Waals surface area contributed by atoms with Crippen LogP contribution in [0.3, 0.4) is 0 Å². The molecule has 0 aliphatic heterocycles. The van der Waals surface area contributed by atoms with Gasteiger partial charge in [-0.3, -0.25) is 4.55 Å². The van der Waals surface area contributed by atoms with E-state index >= 15 is 0 Å². The lowest BCUT2D eigenvalue weighted by Crippen LogP contribution is -2.01. The van der Waals surface area contributed by atoms with Crippen molar-refractivity contribution in [2.45, 2.75) is 4.90 Å². The molecule has 1 heterocycles. The molecule has 93 valence electrons. The van der Waals surface area contributed by atoms with Crippen LogP contribution in [0.5, 0.6) is 0 Å². The molecule has 1 aromatic carbocycles. The van der Waals surface area contributed by atoms with Crippen molar-refractivity contribution < 1.29 is 13.0 Å². The number of rotatable bonds is 3.